The van der Waals surface area contributed by atoms with Gasteiger partial charge in [-0.2, -0.15) is 0 Å². The van der Waals surface area contributed by atoms with Crippen LogP contribution in [0, 0.1) is 11.8 Å². The van der Waals surface area contributed by atoms with Gasteiger partial charge in [-0.15, -0.1) is 0 Å². The Balaban J connectivity index is 4.73. The molecule has 0 aromatic carbocycles. The molecule has 6 heteroatoms. The Morgan fingerprint density at radius 3 is 1.19 bits per heavy atom. The van der Waals surface area contributed by atoms with Crippen molar-refractivity contribution in [1.82, 2.24) is 4.90 Å². The maximum atomic E-state index is 12.8. The normalized spacial score (nSPS) is 14.0. The molecule has 0 aromatic heterocycles. The van der Waals surface area contributed by atoms with Gasteiger partial charge in [0.15, 0.2) is 0 Å². The van der Waals surface area contributed by atoms with E-state index in [0.29, 0.717) is 13.2 Å². The van der Waals surface area contributed by atoms with E-state index in [2.05, 4.69) is 46.4 Å². The number of nitrogens with zero attached hydrogens (tertiary/aromatic N) is 1. The molecule has 0 fully saturated rings. The minimum absolute atomic E-state index is 0.0212. The summed E-state index contributed by atoms with van der Waals surface area (Å²) in [7, 11) is 0. The zero-order valence-electron chi connectivity index (χ0n) is 36.6. The van der Waals surface area contributed by atoms with Gasteiger partial charge >= 0.3 is 11.9 Å². The third-order valence-corrected chi connectivity index (χ3v) is 11.3. The van der Waals surface area contributed by atoms with Crippen LogP contribution in [0.3, 0.4) is 0 Å². The SMILES string of the molecule is CCCCCCC(CCCC)C(=O)OCCCCCCC(O)(CCCCCCOC(=O)C(CCCC)CCCCCC)CCCCN(CCC)CCC. The summed E-state index contributed by atoms with van der Waals surface area (Å²) < 4.78 is 11.5. The highest BCUT2D eigenvalue weighted by Gasteiger charge is 2.26. The molecule has 0 aliphatic rings. The van der Waals surface area contributed by atoms with Crippen LogP contribution in [-0.2, 0) is 19.1 Å². The lowest BCUT2D eigenvalue weighted by molar-refractivity contribution is -0.150. The lowest BCUT2D eigenvalue weighted by atomic mass is 9.85. The van der Waals surface area contributed by atoms with Crippen molar-refractivity contribution in [3.8, 4) is 0 Å². The van der Waals surface area contributed by atoms with Gasteiger partial charge in [0.25, 0.3) is 0 Å². The number of esters is 2. The second-order valence-electron chi connectivity index (χ2n) is 16.6. The number of ether oxygens (including phenoxy) is 2. The molecule has 0 rings (SSSR count). The van der Waals surface area contributed by atoms with Crippen molar-refractivity contribution in [1.29, 1.82) is 0 Å². The predicted octanol–water partition coefficient (Wildman–Crippen LogP) is 13.6. The number of hydrogen-bond acceptors (Lipinski definition) is 6. The first kappa shape index (κ1) is 51.9. The minimum Gasteiger partial charge on any atom is -0.465 e. The zero-order valence-corrected chi connectivity index (χ0v) is 36.6. The van der Waals surface area contributed by atoms with Crippen molar-refractivity contribution in [2.24, 2.45) is 11.8 Å². The molecule has 1 N–H and O–H groups in total. The molecule has 2 unspecified atom stereocenters. The smallest absolute Gasteiger partial charge is 0.308 e. The Kier molecular flexibility index (Phi) is 37.0. The van der Waals surface area contributed by atoms with Crippen LogP contribution in [-0.4, -0.2) is 60.4 Å². The summed E-state index contributed by atoms with van der Waals surface area (Å²) in [5.41, 5.74) is -0.603. The zero-order chi connectivity index (χ0) is 39.3. The second kappa shape index (κ2) is 37.8. The van der Waals surface area contributed by atoms with Gasteiger partial charge in [0.05, 0.1) is 30.7 Å². The summed E-state index contributed by atoms with van der Waals surface area (Å²) in [6.45, 7) is 17.9. The van der Waals surface area contributed by atoms with Crippen LogP contribution in [0.1, 0.15) is 241 Å². The van der Waals surface area contributed by atoms with Gasteiger partial charge in [0.2, 0.25) is 0 Å². The molecular weight excluding hydrogens is 659 g/mol. The van der Waals surface area contributed by atoms with E-state index in [4.69, 9.17) is 9.47 Å². The van der Waals surface area contributed by atoms with Gasteiger partial charge in [-0.1, -0.05) is 157 Å². The van der Waals surface area contributed by atoms with Crippen molar-refractivity contribution < 1.29 is 24.2 Å². The average Bonchev–Trinajstić information content (AvgIpc) is 3.15. The molecule has 0 saturated carbocycles. The Labute approximate surface area is 331 Å². The van der Waals surface area contributed by atoms with Crippen molar-refractivity contribution in [3.63, 3.8) is 0 Å². The highest BCUT2D eigenvalue weighted by atomic mass is 16.5. The number of aliphatic hydroxyl groups is 1. The lowest BCUT2D eigenvalue weighted by Gasteiger charge is -2.29. The largest absolute Gasteiger partial charge is 0.465 e. The Morgan fingerprint density at radius 2 is 0.792 bits per heavy atom. The molecule has 0 saturated heterocycles. The van der Waals surface area contributed by atoms with E-state index in [1.165, 1.54) is 64.5 Å². The monoisotopic (exact) mass is 752 g/mol. The predicted molar refractivity (Wildman–Crippen MR) is 227 cm³/mol. The molecule has 316 valence electrons. The highest BCUT2D eigenvalue weighted by molar-refractivity contribution is 5.72. The molecule has 0 aromatic rings. The second-order valence-corrected chi connectivity index (χ2v) is 16.6. The lowest BCUT2D eigenvalue weighted by Crippen LogP contribution is -2.30. The van der Waals surface area contributed by atoms with Crippen LogP contribution >= 0.6 is 0 Å². The number of hydrogen-bond donors (Lipinski definition) is 1. The first-order valence-electron chi connectivity index (χ1n) is 23.6. The molecule has 6 nitrogen and oxygen atoms in total. The third kappa shape index (κ3) is 30.7. The first-order valence-corrected chi connectivity index (χ1v) is 23.6. The summed E-state index contributed by atoms with van der Waals surface area (Å²) in [4.78, 5) is 28.2. The minimum atomic E-state index is -0.603. The molecule has 53 heavy (non-hydrogen) atoms. The van der Waals surface area contributed by atoms with Gasteiger partial charge in [0, 0.05) is 0 Å². The fraction of sp³-hybridized carbons (Fsp3) is 0.957. The van der Waals surface area contributed by atoms with Crippen LogP contribution in [0.5, 0.6) is 0 Å². The number of carbonyl (C=O) groups is 2. The van der Waals surface area contributed by atoms with E-state index in [1.807, 2.05) is 0 Å². The van der Waals surface area contributed by atoms with Gasteiger partial charge in [-0.25, -0.2) is 0 Å². The van der Waals surface area contributed by atoms with E-state index >= 15 is 0 Å². The van der Waals surface area contributed by atoms with Crippen molar-refractivity contribution in [2.45, 2.75) is 246 Å². The maximum Gasteiger partial charge on any atom is 0.308 e. The molecule has 0 amide bonds. The molecule has 0 radical (unpaired) electrons. The van der Waals surface area contributed by atoms with Crippen LogP contribution in [0.2, 0.25) is 0 Å². The summed E-state index contributed by atoms with van der Waals surface area (Å²) >= 11 is 0. The highest BCUT2D eigenvalue weighted by Crippen LogP contribution is 2.29. The van der Waals surface area contributed by atoms with Gasteiger partial charge in [0.1, 0.15) is 0 Å². The molecule has 0 aliphatic carbocycles. The molecule has 0 spiro atoms. The number of carbonyl (C=O) groups excluding carboxylic acids is 2. The summed E-state index contributed by atoms with van der Waals surface area (Å²) in [5, 5.41) is 11.9. The first-order chi connectivity index (χ1) is 25.8. The van der Waals surface area contributed by atoms with Crippen molar-refractivity contribution >= 4 is 11.9 Å². The van der Waals surface area contributed by atoms with Crippen LogP contribution in [0.25, 0.3) is 0 Å². The van der Waals surface area contributed by atoms with E-state index in [1.54, 1.807) is 0 Å². The maximum absolute atomic E-state index is 12.8. The molecule has 0 heterocycles. The topological polar surface area (TPSA) is 76.1 Å². The van der Waals surface area contributed by atoms with Gasteiger partial charge in [-0.05, 0) is 103 Å². The van der Waals surface area contributed by atoms with E-state index in [0.717, 1.165) is 154 Å². The number of unbranched alkanes of at least 4 members (excludes halogenated alkanes) is 15. The molecular formula is C47H93NO5. The van der Waals surface area contributed by atoms with Crippen LogP contribution in [0.15, 0.2) is 0 Å². The van der Waals surface area contributed by atoms with Crippen molar-refractivity contribution in [2.75, 3.05) is 32.8 Å². The fourth-order valence-electron chi connectivity index (χ4n) is 7.83. The Morgan fingerprint density at radius 1 is 0.434 bits per heavy atom. The fourth-order valence-corrected chi connectivity index (χ4v) is 7.83. The summed E-state index contributed by atoms with van der Waals surface area (Å²) in [6.07, 6.45) is 33.2. The van der Waals surface area contributed by atoms with Crippen LogP contribution in [0.4, 0.5) is 0 Å². The molecule has 0 aliphatic heterocycles. The van der Waals surface area contributed by atoms with Gasteiger partial charge < -0.3 is 19.5 Å². The quantitative estimate of drug-likeness (QED) is 0.0495. The summed E-state index contributed by atoms with van der Waals surface area (Å²) in [6, 6.07) is 0. The third-order valence-electron chi connectivity index (χ3n) is 11.3. The van der Waals surface area contributed by atoms with E-state index < -0.39 is 5.60 Å². The molecule has 0 bridgehead atoms. The van der Waals surface area contributed by atoms with E-state index in [9.17, 15) is 14.7 Å². The Bertz CT molecular complexity index is 748. The number of rotatable bonds is 41. The Hall–Kier alpha value is -1.14. The van der Waals surface area contributed by atoms with Crippen LogP contribution < -0.4 is 0 Å². The summed E-state index contributed by atoms with van der Waals surface area (Å²) in [5.74, 6) is 0.183. The molecule has 2 atom stereocenters. The standard InChI is InChI=1S/C47H93NO5/c1-7-13-17-23-33-43(31-15-9-3)45(49)52-41-29-21-19-25-35-47(51,37-27-28-40-48(38-11-5)39-12-6)36-26-20-22-30-42-53-46(50)44(32-16-10-4)34-24-18-14-8-2/h43-44,51H,7-42H2,1-6H3. The van der Waals surface area contributed by atoms with E-state index in [-0.39, 0.29) is 23.8 Å². The van der Waals surface area contributed by atoms with Gasteiger partial charge in [-0.3, -0.25) is 9.59 Å². The average molecular weight is 752 g/mol. The van der Waals surface area contributed by atoms with Crippen molar-refractivity contribution in [3.05, 3.63) is 0 Å².